The van der Waals surface area contributed by atoms with Crippen molar-refractivity contribution in [2.45, 2.75) is 25.8 Å². The molecule has 5 nitrogen and oxygen atoms in total. The predicted octanol–water partition coefficient (Wildman–Crippen LogP) is 4.04. The van der Waals surface area contributed by atoms with Gasteiger partial charge in [0, 0.05) is 11.1 Å². The molecule has 2 aromatic carbocycles. The van der Waals surface area contributed by atoms with E-state index in [1.165, 1.54) is 5.56 Å². The first-order valence-corrected chi connectivity index (χ1v) is 8.72. The van der Waals surface area contributed by atoms with Gasteiger partial charge in [-0.3, -0.25) is 9.89 Å². The predicted molar refractivity (Wildman–Crippen MR) is 100 cm³/mol. The van der Waals surface area contributed by atoms with Crippen molar-refractivity contribution in [3.8, 4) is 17.0 Å². The number of benzene rings is 2. The monoisotopic (exact) mass is 347 g/mol. The van der Waals surface area contributed by atoms with Crippen LogP contribution in [0.1, 0.15) is 53.0 Å². The topological polar surface area (TPSA) is 67.0 Å². The van der Waals surface area contributed by atoms with Crippen LogP contribution in [0, 0.1) is 0 Å². The van der Waals surface area contributed by atoms with Crippen LogP contribution in [0.5, 0.6) is 5.75 Å². The summed E-state index contributed by atoms with van der Waals surface area (Å²) in [6.07, 6.45) is 0. The highest BCUT2D eigenvalue weighted by Gasteiger charge is 2.35. The summed E-state index contributed by atoms with van der Waals surface area (Å²) in [6.45, 7) is 4.34. The molecule has 0 radical (unpaired) electrons. The third-order valence-electron chi connectivity index (χ3n) is 4.90. The van der Waals surface area contributed by atoms with E-state index in [0.29, 0.717) is 11.6 Å². The molecule has 0 bridgehead atoms. The number of amides is 1. The number of aromatic amines is 1. The normalized spacial score (nSPS) is 15.8. The molecular formula is C21H21N3O2. The lowest BCUT2D eigenvalue weighted by Crippen LogP contribution is -2.21. The number of hydrogen-bond acceptors (Lipinski definition) is 3. The summed E-state index contributed by atoms with van der Waals surface area (Å²) in [6, 6.07) is 15.9. The third kappa shape index (κ3) is 2.65. The summed E-state index contributed by atoms with van der Waals surface area (Å²) in [5, 5.41) is 10.4. The number of H-pyrrole nitrogens is 1. The van der Waals surface area contributed by atoms with Crippen molar-refractivity contribution in [3.63, 3.8) is 0 Å². The molecule has 26 heavy (non-hydrogen) atoms. The number of methoxy groups -OCH3 is 1. The maximum Gasteiger partial charge on any atom is 0.270 e. The van der Waals surface area contributed by atoms with Crippen molar-refractivity contribution >= 4 is 5.91 Å². The molecule has 0 spiro atoms. The standard InChI is InChI=1S/C21H21N3O2/c1-12(2)13-4-6-14(7-5-13)18-17-19(23-24-20(17)21(25)22-18)15-8-10-16(26-3)11-9-15/h4-12,18H,1-3H3,(H,22,25)(H,23,24). The van der Waals surface area contributed by atoms with Crippen LogP contribution >= 0.6 is 0 Å². The molecule has 1 aliphatic heterocycles. The van der Waals surface area contributed by atoms with Crippen molar-refractivity contribution in [2.24, 2.45) is 0 Å². The third-order valence-corrected chi connectivity index (χ3v) is 4.90. The van der Waals surface area contributed by atoms with Gasteiger partial charge in [-0.25, -0.2) is 0 Å². The van der Waals surface area contributed by atoms with Gasteiger partial charge >= 0.3 is 0 Å². The van der Waals surface area contributed by atoms with Gasteiger partial charge in [-0.2, -0.15) is 5.10 Å². The van der Waals surface area contributed by atoms with Crippen molar-refractivity contribution in [1.82, 2.24) is 15.5 Å². The molecule has 1 unspecified atom stereocenters. The van der Waals surface area contributed by atoms with E-state index in [1.807, 2.05) is 24.3 Å². The second-order valence-electron chi connectivity index (χ2n) is 6.82. The van der Waals surface area contributed by atoms with E-state index < -0.39 is 0 Å². The number of nitrogens with zero attached hydrogens (tertiary/aromatic N) is 1. The van der Waals surface area contributed by atoms with E-state index in [2.05, 4.69) is 53.6 Å². The Hall–Kier alpha value is -3.08. The highest BCUT2D eigenvalue weighted by molar-refractivity contribution is 6.00. The molecule has 3 aromatic rings. The molecule has 0 fully saturated rings. The number of aromatic nitrogens is 2. The van der Waals surface area contributed by atoms with Crippen LogP contribution < -0.4 is 10.1 Å². The van der Waals surface area contributed by atoms with Crippen LogP contribution in [0.25, 0.3) is 11.3 Å². The molecule has 132 valence electrons. The largest absolute Gasteiger partial charge is 0.497 e. The number of fused-ring (bicyclic) bond motifs is 1. The summed E-state index contributed by atoms with van der Waals surface area (Å²) < 4.78 is 5.22. The van der Waals surface area contributed by atoms with Crippen LogP contribution in [0.3, 0.4) is 0 Å². The molecule has 1 amide bonds. The van der Waals surface area contributed by atoms with Crippen molar-refractivity contribution < 1.29 is 9.53 Å². The maximum atomic E-state index is 12.4. The average molecular weight is 347 g/mol. The fourth-order valence-corrected chi connectivity index (χ4v) is 3.37. The van der Waals surface area contributed by atoms with Crippen LogP contribution in [0.4, 0.5) is 0 Å². The van der Waals surface area contributed by atoms with Gasteiger partial charge in [0.2, 0.25) is 0 Å². The second-order valence-corrected chi connectivity index (χ2v) is 6.82. The minimum absolute atomic E-state index is 0.120. The van der Waals surface area contributed by atoms with Gasteiger partial charge in [0.05, 0.1) is 18.8 Å². The SMILES string of the molecule is COc1ccc(-c2n[nH]c3c2C(c2ccc(C(C)C)cc2)NC3=O)cc1. The van der Waals surface area contributed by atoms with E-state index in [0.717, 1.165) is 28.1 Å². The summed E-state index contributed by atoms with van der Waals surface area (Å²) in [7, 11) is 1.64. The van der Waals surface area contributed by atoms with Crippen molar-refractivity contribution in [2.75, 3.05) is 7.11 Å². The zero-order valence-electron chi connectivity index (χ0n) is 15.0. The van der Waals surface area contributed by atoms with E-state index in [4.69, 9.17) is 4.74 Å². The number of nitrogens with one attached hydrogen (secondary N) is 2. The van der Waals surface area contributed by atoms with Gasteiger partial charge in [-0.15, -0.1) is 0 Å². The smallest absolute Gasteiger partial charge is 0.270 e. The zero-order chi connectivity index (χ0) is 18.3. The Balaban J connectivity index is 1.75. The Labute approximate surface area is 152 Å². The molecule has 1 aromatic heterocycles. The summed E-state index contributed by atoms with van der Waals surface area (Å²) >= 11 is 0. The van der Waals surface area contributed by atoms with Gasteiger partial charge in [-0.05, 0) is 41.3 Å². The van der Waals surface area contributed by atoms with Crippen LogP contribution in [-0.2, 0) is 0 Å². The van der Waals surface area contributed by atoms with E-state index in [1.54, 1.807) is 7.11 Å². The highest BCUT2D eigenvalue weighted by atomic mass is 16.5. The Morgan fingerprint density at radius 2 is 1.73 bits per heavy atom. The van der Waals surface area contributed by atoms with E-state index in [-0.39, 0.29) is 11.9 Å². The molecule has 2 N–H and O–H groups in total. The van der Waals surface area contributed by atoms with Gasteiger partial charge in [-0.1, -0.05) is 38.1 Å². The molecular weight excluding hydrogens is 326 g/mol. The quantitative estimate of drug-likeness (QED) is 0.748. The van der Waals surface area contributed by atoms with Crippen LogP contribution in [-0.4, -0.2) is 23.2 Å². The number of carbonyl (C=O) groups excluding carboxylic acids is 1. The molecule has 1 aliphatic rings. The summed E-state index contributed by atoms with van der Waals surface area (Å²) in [5.74, 6) is 1.14. The molecule has 0 aliphatic carbocycles. The molecule has 4 rings (SSSR count). The summed E-state index contributed by atoms with van der Waals surface area (Å²) in [4.78, 5) is 12.4. The lowest BCUT2D eigenvalue weighted by atomic mass is 9.94. The minimum atomic E-state index is -0.199. The molecule has 2 heterocycles. The fourth-order valence-electron chi connectivity index (χ4n) is 3.37. The maximum absolute atomic E-state index is 12.4. The van der Waals surface area contributed by atoms with Crippen LogP contribution in [0.15, 0.2) is 48.5 Å². The van der Waals surface area contributed by atoms with Gasteiger partial charge < -0.3 is 10.1 Å². The van der Waals surface area contributed by atoms with E-state index in [9.17, 15) is 4.79 Å². The number of ether oxygens (including phenoxy) is 1. The van der Waals surface area contributed by atoms with Crippen molar-refractivity contribution in [1.29, 1.82) is 0 Å². The molecule has 0 saturated carbocycles. The zero-order valence-corrected chi connectivity index (χ0v) is 15.0. The van der Waals surface area contributed by atoms with Gasteiger partial charge in [0.25, 0.3) is 5.91 Å². The Bertz CT molecular complexity index is 940. The Morgan fingerprint density at radius 3 is 2.35 bits per heavy atom. The first-order valence-electron chi connectivity index (χ1n) is 8.72. The minimum Gasteiger partial charge on any atom is -0.497 e. The van der Waals surface area contributed by atoms with Gasteiger partial charge in [0.15, 0.2) is 0 Å². The Kier molecular flexibility index (Phi) is 3.99. The lowest BCUT2D eigenvalue weighted by Gasteiger charge is -2.15. The number of hydrogen-bond donors (Lipinski definition) is 2. The first-order chi connectivity index (χ1) is 12.6. The highest BCUT2D eigenvalue weighted by Crippen LogP contribution is 2.37. The lowest BCUT2D eigenvalue weighted by molar-refractivity contribution is 0.0955. The number of rotatable bonds is 4. The van der Waals surface area contributed by atoms with Crippen molar-refractivity contribution in [3.05, 3.63) is 70.9 Å². The fraction of sp³-hybridized carbons (Fsp3) is 0.238. The molecule has 1 atom stereocenters. The Morgan fingerprint density at radius 1 is 1.04 bits per heavy atom. The molecule has 0 saturated heterocycles. The van der Waals surface area contributed by atoms with E-state index >= 15 is 0 Å². The first kappa shape index (κ1) is 16.4. The van der Waals surface area contributed by atoms with Gasteiger partial charge in [0.1, 0.15) is 11.4 Å². The molecule has 5 heteroatoms. The average Bonchev–Trinajstić information content (AvgIpc) is 3.23. The second kappa shape index (κ2) is 6.33. The summed E-state index contributed by atoms with van der Waals surface area (Å²) in [5.41, 5.74) is 5.51. The number of carbonyl (C=O) groups is 1. The van der Waals surface area contributed by atoms with Crippen LogP contribution in [0.2, 0.25) is 0 Å².